The molecule has 0 amide bonds. The van der Waals surface area contributed by atoms with Crippen LogP contribution in [0.3, 0.4) is 0 Å². The van der Waals surface area contributed by atoms with E-state index >= 15 is 0 Å². The van der Waals surface area contributed by atoms with Crippen molar-refractivity contribution < 1.29 is 9.47 Å². The Morgan fingerprint density at radius 3 is 2.19 bits per heavy atom. The molecule has 0 saturated heterocycles. The van der Waals surface area contributed by atoms with E-state index in [-0.39, 0.29) is 6.10 Å². The standard InChI is InChI=1S/C18H23NO2/c1-20-16-10-12-17(13-11-16)21-18(9-5-6-14-19)15-7-3-2-4-8-15/h2-4,7-8,10-13,18H,5-6,9,14,19H2,1H3. The predicted molar refractivity (Wildman–Crippen MR) is 85.7 cm³/mol. The van der Waals surface area contributed by atoms with Crippen molar-refractivity contribution in [3.63, 3.8) is 0 Å². The molecule has 2 rings (SSSR count). The summed E-state index contributed by atoms with van der Waals surface area (Å²) in [4.78, 5) is 0. The van der Waals surface area contributed by atoms with E-state index in [1.807, 2.05) is 42.5 Å². The van der Waals surface area contributed by atoms with Gasteiger partial charge < -0.3 is 15.2 Å². The highest BCUT2D eigenvalue weighted by atomic mass is 16.5. The van der Waals surface area contributed by atoms with Crippen LogP contribution in [0.4, 0.5) is 0 Å². The highest BCUT2D eigenvalue weighted by Crippen LogP contribution is 2.27. The fraction of sp³-hybridized carbons (Fsp3) is 0.333. The average Bonchev–Trinajstić information content (AvgIpc) is 2.55. The molecular weight excluding hydrogens is 262 g/mol. The summed E-state index contributed by atoms with van der Waals surface area (Å²) in [5, 5.41) is 0. The third kappa shape index (κ3) is 4.80. The molecule has 0 saturated carbocycles. The fourth-order valence-corrected chi connectivity index (χ4v) is 2.25. The van der Waals surface area contributed by atoms with Gasteiger partial charge in [0.1, 0.15) is 17.6 Å². The van der Waals surface area contributed by atoms with Gasteiger partial charge in [-0.25, -0.2) is 0 Å². The van der Waals surface area contributed by atoms with Crippen molar-refractivity contribution >= 4 is 0 Å². The Morgan fingerprint density at radius 1 is 0.905 bits per heavy atom. The smallest absolute Gasteiger partial charge is 0.124 e. The first-order valence-corrected chi connectivity index (χ1v) is 7.39. The number of ether oxygens (including phenoxy) is 2. The Labute approximate surface area is 126 Å². The van der Waals surface area contributed by atoms with Crippen molar-refractivity contribution in [2.24, 2.45) is 5.73 Å². The van der Waals surface area contributed by atoms with Crippen LogP contribution in [0.1, 0.15) is 30.9 Å². The summed E-state index contributed by atoms with van der Waals surface area (Å²) in [6, 6.07) is 18.0. The molecule has 0 aliphatic heterocycles. The molecule has 2 aromatic carbocycles. The van der Waals surface area contributed by atoms with E-state index in [9.17, 15) is 0 Å². The topological polar surface area (TPSA) is 44.5 Å². The summed E-state index contributed by atoms with van der Waals surface area (Å²) < 4.78 is 11.3. The second-order valence-corrected chi connectivity index (χ2v) is 4.98. The number of benzene rings is 2. The van der Waals surface area contributed by atoms with Crippen LogP contribution >= 0.6 is 0 Å². The average molecular weight is 285 g/mol. The van der Waals surface area contributed by atoms with Crippen molar-refractivity contribution in [1.82, 2.24) is 0 Å². The van der Waals surface area contributed by atoms with Crippen LogP contribution in [0.5, 0.6) is 11.5 Å². The monoisotopic (exact) mass is 285 g/mol. The maximum Gasteiger partial charge on any atom is 0.124 e. The summed E-state index contributed by atoms with van der Waals surface area (Å²) in [5.41, 5.74) is 6.78. The molecule has 0 aromatic heterocycles. The lowest BCUT2D eigenvalue weighted by Gasteiger charge is -2.20. The van der Waals surface area contributed by atoms with Gasteiger partial charge in [-0.3, -0.25) is 0 Å². The van der Waals surface area contributed by atoms with Gasteiger partial charge in [-0.1, -0.05) is 30.3 Å². The molecule has 0 bridgehead atoms. The van der Waals surface area contributed by atoms with Gasteiger partial charge in [0.15, 0.2) is 0 Å². The molecule has 21 heavy (non-hydrogen) atoms. The van der Waals surface area contributed by atoms with Crippen LogP contribution in [-0.2, 0) is 0 Å². The number of rotatable bonds is 8. The Balaban J connectivity index is 2.07. The van der Waals surface area contributed by atoms with Crippen LogP contribution in [0.25, 0.3) is 0 Å². The lowest BCUT2D eigenvalue weighted by atomic mass is 10.0. The van der Waals surface area contributed by atoms with Crippen molar-refractivity contribution in [2.75, 3.05) is 13.7 Å². The Morgan fingerprint density at radius 2 is 1.57 bits per heavy atom. The van der Waals surface area contributed by atoms with Crippen LogP contribution in [0.15, 0.2) is 54.6 Å². The van der Waals surface area contributed by atoms with Crippen molar-refractivity contribution in [2.45, 2.75) is 25.4 Å². The van der Waals surface area contributed by atoms with E-state index in [0.29, 0.717) is 0 Å². The normalized spacial score (nSPS) is 11.9. The zero-order valence-electron chi connectivity index (χ0n) is 12.5. The molecule has 0 fully saturated rings. The van der Waals surface area contributed by atoms with Crippen molar-refractivity contribution in [1.29, 1.82) is 0 Å². The minimum atomic E-state index is 0.0612. The highest BCUT2D eigenvalue weighted by Gasteiger charge is 2.12. The SMILES string of the molecule is COc1ccc(OC(CCCCN)c2ccccc2)cc1. The quantitative estimate of drug-likeness (QED) is 0.747. The molecule has 2 N–H and O–H groups in total. The molecule has 0 spiro atoms. The van der Waals surface area contributed by atoms with Gasteiger partial charge in [-0.2, -0.15) is 0 Å². The lowest BCUT2D eigenvalue weighted by Crippen LogP contribution is -2.09. The number of hydrogen-bond donors (Lipinski definition) is 1. The van der Waals surface area contributed by atoms with E-state index in [1.165, 1.54) is 5.56 Å². The van der Waals surface area contributed by atoms with Crippen LogP contribution in [0.2, 0.25) is 0 Å². The molecule has 0 aliphatic rings. The number of nitrogens with two attached hydrogens (primary N) is 1. The number of unbranched alkanes of at least 4 members (excludes halogenated alkanes) is 1. The molecular formula is C18H23NO2. The largest absolute Gasteiger partial charge is 0.497 e. The van der Waals surface area contributed by atoms with E-state index in [0.717, 1.165) is 37.3 Å². The molecule has 0 radical (unpaired) electrons. The maximum absolute atomic E-state index is 6.15. The second-order valence-electron chi connectivity index (χ2n) is 4.98. The zero-order valence-corrected chi connectivity index (χ0v) is 12.5. The van der Waals surface area contributed by atoms with Crippen LogP contribution in [-0.4, -0.2) is 13.7 Å². The highest BCUT2D eigenvalue weighted by molar-refractivity contribution is 5.32. The third-order valence-electron chi connectivity index (χ3n) is 3.43. The van der Waals surface area contributed by atoms with Crippen LogP contribution < -0.4 is 15.2 Å². The summed E-state index contributed by atoms with van der Waals surface area (Å²) in [5.74, 6) is 1.69. The van der Waals surface area contributed by atoms with Gasteiger partial charge in [0, 0.05) is 0 Å². The molecule has 0 aliphatic carbocycles. The van der Waals surface area contributed by atoms with Gasteiger partial charge >= 0.3 is 0 Å². The molecule has 3 nitrogen and oxygen atoms in total. The molecule has 112 valence electrons. The minimum Gasteiger partial charge on any atom is -0.497 e. The molecule has 0 heterocycles. The van der Waals surface area contributed by atoms with E-state index in [4.69, 9.17) is 15.2 Å². The van der Waals surface area contributed by atoms with Gasteiger partial charge in [-0.05, 0) is 55.6 Å². The van der Waals surface area contributed by atoms with Crippen molar-refractivity contribution in [3.05, 3.63) is 60.2 Å². The summed E-state index contributed by atoms with van der Waals surface area (Å²) >= 11 is 0. The van der Waals surface area contributed by atoms with Crippen LogP contribution in [0, 0.1) is 0 Å². The summed E-state index contributed by atoms with van der Waals surface area (Å²) in [6.45, 7) is 0.726. The third-order valence-corrected chi connectivity index (χ3v) is 3.43. The number of hydrogen-bond acceptors (Lipinski definition) is 3. The summed E-state index contributed by atoms with van der Waals surface area (Å²) in [6.07, 6.45) is 3.11. The predicted octanol–water partition coefficient (Wildman–Crippen LogP) is 3.94. The first-order chi connectivity index (χ1) is 10.3. The van der Waals surface area contributed by atoms with E-state index in [1.54, 1.807) is 7.11 Å². The molecule has 3 heteroatoms. The first kappa shape index (κ1) is 15.4. The van der Waals surface area contributed by atoms with Gasteiger partial charge in [0.05, 0.1) is 7.11 Å². The zero-order chi connectivity index (χ0) is 14.9. The number of methoxy groups -OCH3 is 1. The Hall–Kier alpha value is -2.00. The van der Waals surface area contributed by atoms with E-state index < -0.39 is 0 Å². The molecule has 1 atom stereocenters. The molecule has 1 unspecified atom stereocenters. The van der Waals surface area contributed by atoms with Crippen molar-refractivity contribution in [3.8, 4) is 11.5 Å². The van der Waals surface area contributed by atoms with E-state index in [2.05, 4.69) is 12.1 Å². The first-order valence-electron chi connectivity index (χ1n) is 7.39. The second kappa shape index (κ2) is 8.32. The Bertz CT molecular complexity index is 511. The molecule has 2 aromatic rings. The Kier molecular flexibility index (Phi) is 6.10. The van der Waals surface area contributed by atoms with Gasteiger partial charge in [0.25, 0.3) is 0 Å². The minimum absolute atomic E-state index is 0.0612. The fourth-order valence-electron chi connectivity index (χ4n) is 2.25. The lowest BCUT2D eigenvalue weighted by molar-refractivity contribution is 0.191. The van der Waals surface area contributed by atoms with Gasteiger partial charge in [0.2, 0.25) is 0 Å². The maximum atomic E-state index is 6.15. The van der Waals surface area contributed by atoms with Gasteiger partial charge in [-0.15, -0.1) is 0 Å². The summed E-state index contributed by atoms with van der Waals surface area (Å²) in [7, 11) is 1.66.